The van der Waals surface area contributed by atoms with Crippen molar-refractivity contribution in [1.82, 2.24) is 4.90 Å². The molecular formula is C19H25N3O7. The van der Waals surface area contributed by atoms with E-state index in [4.69, 9.17) is 19.9 Å². The zero-order valence-electron chi connectivity index (χ0n) is 16.4. The Labute approximate surface area is 168 Å². The maximum atomic E-state index is 12.5. The van der Waals surface area contributed by atoms with Gasteiger partial charge in [-0.1, -0.05) is 0 Å². The highest BCUT2D eigenvalue weighted by Crippen LogP contribution is 2.34. The summed E-state index contributed by atoms with van der Waals surface area (Å²) in [5.74, 6) is 0.133. The van der Waals surface area contributed by atoms with Crippen LogP contribution in [0.25, 0.3) is 0 Å². The Balaban J connectivity index is 1.64. The van der Waals surface area contributed by atoms with Crippen LogP contribution in [0.4, 0.5) is 10.5 Å². The minimum absolute atomic E-state index is 0.156. The van der Waals surface area contributed by atoms with Gasteiger partial charge in [-0.15, -0.1) is 0 Å². The topological polar surface area (TPSA) is 132 Å². The van der Waals surface area contributed by atoms with E-state index in [0.717, 1.165) is 0 Å². The van der Waals surface area contributed by atoms with E-state index in [9.17, 15) is 19.5 Å². The van der Waals surface area contributed by atoms with E-state index in [1.165, 1.54) is 11.9 Å². The predicted octanol–water partition coefficient (Wildman–Crippen LogP) is 0.258. The molecule has 1 aromatic carbocycles. The molecule has 0 radical (unpaired) electrons. The fourth-order valence-corrected chi connectivity index (χ4v) is 3.24. The first-order valence-corrected chi connectivity index (χ1v) is 9.30. The predicted molar refractivity (Wildman–Crippen MR) is 102 cm³/mol. The highest BCUT2D eigenvalue weighted by Gasteiger charge is 2.32. The fraction of sp³-hybridized carbons (Fsp3) is 0.526. The molecule has 2 aliphatic rings. The number of nitrogens with zero attached hydrogens (tertiary/aromatic N) is 2. The number of ether oxygens (including phenoxy) is 3. The first-order chi connectivity index (χ1) is 13.7. The Hall–Kier alpha value is -3.01. The number of anilines is 1. The summed E-state index contributed by atoms with van der Waals surface area (Å²) in [4.78, 5) is 38.8. The van der Waals surface area contributed by atoms with Gasteiger partial charge in [0.2, 0.25) is 6.10 Å². The molecule has 3 amide bonds. The zero-order valence-corrected chi connectivity index (χ0v) is 16.4. The maximum absolute atomic E-state index is 12.5. The average Bonchev–Trinajstić information content (AvgIpc) is 2.78. The van der Waals surface area contributed by atoms with Gasteiger partial charge in [-0.05, 0) is 31.9 Å². The molecule has 3 rings (SSSR count). The fourth-order valence-electron chi connectivity index (χ4n) is 3.24. The van der Waals surface area contributed by atoms with E-state index in [-0.39, 0.29) is 19.1 Å². The monoisotopic (exact) mass is 407 g/mol. The van der Waals surface area contributed by atoms with Crippen molar-refractivity contribution in [2.24, 2.45) is 5.73 Å². The molecule has 3 N–H and O–H groups in total. The van der Waals surface area contributed by atoms with Crippen molar-refractivity contribution >= 4 is 23.6 Å². The third-order valence-corrected chi connectivity index (χ3v) is 5.10. The lowest BCUT2D eigenvalue weighted by Crippen LogP contribution is -2.46. The van der Waals surface area contributed by atoms with Gasteiger partial charge in [-0.3, -0.25) is 9.59 Å². The standard InChI is InChI=1S/C19H25N3O7/c1-19(26)5-7-22(8-6-19)16(23)11-27-12-3-4-14-13(9-12)21(2)17(24)15(10-28-14)29-18(20)25/h3-4,9,15,26H,5-8,10-11H2,1-2H3,(H2,20,25)/t15-/m0/s1. The van der Waals surface area contributed by atoms with Gasteiger partial charge in [0.25, 0.3) is 11.8 Å². The molecule has 29 heavy (non-hydrogen) atoms. The van der Waals surface area contributed by atoms with Crippen molar-refractivity contribution in [3.63, 3.8) is 0 Å². The van der Waals surface area contributed by atoms with Crippen LogP contribution in [0.3, 0.4) is 0 Å². The van der Waals surface area contributed by atoms with Crippen LogP contribution in [-0.4, -0.2) is 73.0 Å². The number of aliphatic hydroxyl groups is 1. The summed E-state index contributed by atoms with van der Waals surface area (Å²) < 4.78 is 16.0. The van der Waals surface area contributed by atoms with E-state index in [1.54, 1.807) is 30.0 Å². The van der Waals surface area contributed by atoms with E-state index >= 15 is 0 Å². The number of hydrogen-bond donors (Lipinski definition) is 2. The molecule has 0 aromatic heterocycles. The second kappa shape index (κ2) is 8.16. The quantitative estimate of drug-likeness (QED) is 0.732. The molecule has 0 bridgehead atoms. The molecule has 10 heteroatoms. The normalized spacial score (nSPS) is 20.9. The Morgan fingerprint density at radius 2 is 2.03 bits per heavy atom. The van der Waals surface area contributed by atoms with Crippen molar-refractivity contribution in [2.45, 2.75) is 31.5 Å². The van der Waals surface area contributed by atoms with Crippen LogP contribution in [0.5, 0.6) is 11.5 Å². The zero-order chi connectivity index (χ0) is 21.2. The van der Waals surface area contributed by atoms with Crippen LogP contribution < -0.4 is 20.1 Å². The molecule has 0 saturated carbocycles. The number of carbonyl (C=O) groups is 3. The van der Waals surface area contributed by atoms with Crippen molar-refractivity contribution in [1.29, 1.82) is 0 Å². The van der Waals surface area contributed by atoms with Crippen LogP contribution in [0.1, 0.15) is 19.8 Å². The molecule has 1 saturated heterocycles. The van der Waals surface area contributed by atoms with Crippen LogP contribution in [0.15, 0.2) is 18.2 Å². The molecule has 1 fully saturated rings. The van der Waals surface area contributed by atoms with Crippen molar-refractivity contribution in [3.8, 4) is 11.5 Å². The number of rotatable bonds is 4. The van der Waals surface area contributed by atoms with E-state index < -0.39 is 23.7 Å². The molecule has 1 aromatic rings. The number of likely N-dealkylation sites (tertiary alicyclic amines) is 1. The molecule has 10 nitrogen and oxygen atoms in total. The van der Waals surface area contributed by atoms with Gasteiger partial charge in [-0.2, -0.15) is 0 Å². The van der Waals surface area contributed by atoms with Gasteiger partial charge >= 0.3 is 6.09 Å². The smallest absolute Gasteiger partial charge is 0.405 e. The minimum Gasteiger partial charge on any atom is -0.487 e. The molecule has 2 heterocycles. The maximum Gasteiger partial charge on any atom is 0.405 e. The number of amides is 3. The second-order valence-electron chi connectivity index (χ2n) is 7.43. The second-order valence-corrected chi connectivity index (χ2v) is 7.43. The molecule has 0 spiro atoms. The van der Waals surface area contributed by atoms with Crippen molar-refractivity contribution in [2.75, 3.05) is 38.3 Å². The summed E-state index contributed by atoms with van der Waals surface area (Å²) >= 11 is 0. The average molecular weight is 407 g/mol. The number of benzene rings is 1. The van der Waals surface area contributed by atoms with Crippen LogP contribution in [0, 0.1) is 0 Å². The van der Waals surface area contributed by atoms with Gasteiger partial charge in [0.15, 0.2) is 6.61 Å². The molecule has 0 aliphatic carbocycles. The van der Waals surface area contributed by atoms with Gasteiger partial charge in [0.1, 0.15) is 18.1 Å². The summed E-state index contributed by atoms with van der Waals surface area (Å²) in [6.07, 6.45) is -1.16. The molecule has 2 aliphatic heterocycles. The minimum atomic E-state index is -1.15. The van der Waals surface area contributed by atoms with Crippen LogP contribution >= 0.6 is 0 Å². The summed E-state index contributed by atoms with van der Waals surface area (Å²) in [6.45, 7) is 2.40. The number of piperidine rings is 1. The summed E-state index contributed by atoms with van der Waals surface area (Å²) in [5, 5.41) is 9.98. The highest BCUT2D eigenvalue weighted by molar-refractivity contribution is 5.99. The Morgan fingerprint density at radius 3 is 2.69 bits per heavy atom. The Kier molecular flexibility index (Phi) is 5.83. The summed E-state index contributed by atoms with van der Waals surface area (Å²) in [7, 11) is 1.52. The van der Waals surface area contributed by atoms with E-state index in [1.807, 2.05) is 0 Å². The number of carbonyl (C=O) groups excluding carboxylic acids is 3. The van der Waals surface area contributed by atoms with E-state index in [0.29, 0.717) is 43.1 Å². The Morgan fingerprint density at radius 1 is 1.34 bits per heavy atom. The summed E-state index contributed by atoms with van der Waals surface area (Å²) in [6, 6.07) is 4.82. The lowest BCUT2D eigenvalue weighted by atomic mass is 9.94. The SMILES string of the molecule is CN1C(=O)[C@@H](OC(N)=O)COc2ccc(OCC(=O)N3CCC(C)(O)CC3)cc21. The Bertz CT molecular complexity index is 801. The van der Waals surface area contributed by atoms with Crippen LogP contribution in [0.2, 0.25) is 0 Å². The van der Waals surface area contributed by atoms with Gasteiger partial charge in [-0.25, -0.2) is 4.79 Å². The largest absolute Gasteiger partial charge is 0.487 e. The third kappa shape index (κ3) is 4.89. The van der Waals surface area contributed by atoms with Gasteiger partial charge in [0, 0.05) is 26.2 Å². The van der Waals surface area contributed by atoms with Gasteiger partial charge < -0.3 is 34.9 Å². The van der Waals surface area contributed by atoms with Crippen LogP contribution in [-0.2, 0) is 14.3 Å². The first kappa shape index (κ1) is 20.7. The third-order valence-electron chi connectivity index (χ3n) is 5.10. The summed E-state index contributed by atoms with van der Waals surface area (Å²) in [5.41, 5.74) is 4.68. The highest BCUT2D eigenvalue weighted by atomic mass is 16.6. The van der Waals surface area contributed by atoms with Gasteiger partial charge in [0.05, 0.1) is 11.3 Å². The lowest BCUT2D eigenvalue weighted by Gasteiger charge is -2.35. The van der Waals surface area contributed by atoms with Crippen molar-refractivity contribution < 1.29 is 33.7 Å². The number of nitrogens with two attached hydrogens (primary N) is 1. The number of primary amides is 1. The lowest BCUT2D eigenvalue weighted by molar-refractivity contribution is -0.137. The molecule has 0 unspecified atom stereocenters. The molecular weight excluding hydrogens is 382 g/mol. The molecule has 158 valence electrons. The first-order valence-electron chi connectivity index (χ1n) is 9.30. The van der Waals surface area contributed by atoms with Crippen molar-refractivity contribution in [3.05, 3.63) is 18.2 Å². The molecule has 1 atom stereocenters. The number of hydrogen-bond acceptors (Lipinski definition) is 7. The number of likely N-dealkylation sites (N-methyl/N-ethyl adjacent to an activating group) is 1. The van der Waals surface area contributed by atoms with E-state index in [2.05, 4.69) is 0 Å². The number of fused-ring (bicyclic) bond motifs is 1.